The quantitative estimate of drug-likeness (QED) is 0.424. The van der Waals surface area contributed by atoms with Crippen molar-refractivity contribution in [3.05, 3.63) is 70.2 Å². The molecule has 12 heteroatoms. The van der Waals surface area contributed by atoms with Crippen molar-refractivity contribution >= 4 is 33.3 Å². The number of halogens is 3. The lowest BCUT2D eigenvalue weighted by molar-refractivity contribution is 0.0696. The highest BCUT2D eigenvalue weighted by Crippen LogP contribution is 2.41. The van der Waals surface area contributed by atoms with Crippen LogP contribution in [-0.4, -0.2) is 44.4 Å². The van der Waals surface area contributed by atoms with Crippen molar-refractivity contribution in [2.45, 2.75) is 17.4 Å². The van der Waals surface area contributed by atoms with Gasteiger partial charge in [-0.25, -0.2) is 22.0 Å². The van der Waals surface area contributed by atoms with Gasteiger partial charge in [0.05, 0.1) is 30.0 Å². The zero-order valence-electron chi connectivity index (χ0n) is 18.0. The lowest BCUT2D eigenvalue weighted by atomic mass is 9.99. The number of sulfonamides is 1. The number of nitrogens with one attached hydrogen (secondary N) is 1. The second-order valence-electron chi connectivity index (χ2n) is 7.63. The number of carboxylic acids is 1. The van der Waals surface area contributed by atoms with E-state index in [1.54, 1.807) is 12.1 Å². The molecule has 3 aromatic carbocycles. The van der Waals surface area contributed by atoms with Crippen LogP contribution in [-0.2, 0) is 16.4 Å². The number of fused-ring (bicyclic) bond motifs is 1. The molecule has 1 atom stereocenters. The molecule has 3 N–H and O–H groups in total. The Bertz CT molecular complexity index is 1450. The van der Waals surface area contributed by atoms with E-state index in [4.69, 9.17) is 21.1 Å². The van der Waals surface area contributed by atoms with Crippen LogP contribution in [0.4, 0.5) is 14.5 Å². The molecule has 3 aromatic rings. The van der Waals surface area contributed by atoms with E-state index in [1.165, 1.54) is 6.07 Å². The summed E-state index contributed by atoms with van der Waals surface area (Å²) in [6.07, 6.45) is -0.131. The van der Waals surface area contributed by atoms with Gasteiger partial charge in [-0.3, -0.25) is 4.72 Å². The first-order valence-electron chi connectivity index (χ1n) is 10.1. The molecule has 1 unspecified atom stereocenters. The molecule has 0 aromatic heterocycles. The second kappa shape index (κ2) is 9.33. The molecule has 35 heavy (non-hydrogen) atoms. The first-order chi connectivity index (χ1) is 16.6. The first-order valence-corrected chi connectivity index (χ1v) is 11.9. The number of methoxy groups -OCH3 is 1. The van der Waals surface area contributed by atoms with Gasteiger partial charge in [-0.15, -0.1) is 0 Å². The van der Waals surface area contributed by atoms with Gasteiger partial charge in [0.25, 0.3) is 10.0 Å². The molecule has 1 aliphatic heterocycles. The number of hydrogen-bond acceptors (Lipinski definition) is 6. The van der Waals surface area contributed by atoms with E-state index < -0.39 is 49.9 Å². The minimum absolute atomic E-state index is 0.149. The Balaban J connectivity index is 1.80. The number of carboxylic acid groups (broad SMARTS) is 1. The van der Waals surface area contributed by atoms with Gasteiger partial charge < -0.3 is 19.7 Å². The maximum absolute atomic E-state index is 14.8. The Morgan fingerprint density at radius 1 is 1.20 bits per heavy atom. The highest BCUT2D eigenvalue weighted by Gasteiger charge is 2.29. The van der Waals surface area contributed by atoms with Crippen molar-refractivity contribution in [2.75, 3.05) is 18.4 Å². The van der Waals surface area contributed by atoms with Crippen LogP contribution in [0, 0.1) is 11.6 Å². The number of aromatic carboxylic acids is 1. The second-order valence-corrected chi connectivity index (χ2v) is 9.69. The third-order valence-corrected chi connectivity index (χ3v) is 7.03. The molecule has 0 saturated heterocycles. The minimum atomic E-state index is -4.64. The Morgan fingerprint density at radius 2 is 1.94 bits per heavy atom. The average Bonchev–Trinajstić information content (AvgIpc) is 3.24. The summed E-state index contributed by atoms with van der Waals surface area (Å²) in [4.78, 5) is 10.7. The Morgan fingerprint density at radius 3 is 2.60 bits per heavy atom. The molecule has 0 spiro atoms. The number of aliphatic hydroxyl groups excluding tert-OH is 1. The monoisotopic (exact) mass is 525 g/mol. The van der Waals surface area contributed by atoms with Crippen molar-refractivity contribution in [1.82, 2.24) is 0 Å². The van der Waals surface area contributed by atoms with E-state index in [0.717, 1.165) is 25.3 Å². The number of benzene rings is 3. The normalized spacial score (nSPS) is 14.8. The van der Waals surface area contributed by atoms with Crippen LogP contribution in [0.15, 0.2) is 47.4 Å². The van der Waals surface area contributed by atoms with Gasteiger partial charge in [0, 0.05) is 23.6 Å². The molecule has 0 fully saturated rings. The molecule has 0 bridgehead atoms. The van der Waals surface area contributed by atoms with Crippen molar-refractivity contribution in [3.63, 3.8) is 0 Å². The molecule has 184 valence electrons. The highest BCUT2D eigenvalue weighted by molar-refractivity contribution is 7.92. The van der Waals surface area contributed by atoms with E-state index in [2.05, 4.69) is 0 Å². The van der Waals surface area contributed by atoms with Crippen molar-refractivity contribution in [1.29, 1.82) is 0 Å². The summed E-state index contributed by atoms with van der Waals surface area (Å²) >= 11 is 5.99. The molecule has 1 heterocycles. The summed E-state index contributed by atoms with van der Waals surface area (Å²) in [6.45, 7) is -0.259. The van der Waals surface area contributed by atoms with Gasteiger partial charge in [0.1, 0.15) is 28.4 Å². The molecule has 0 amide bonds. The van der Waals surface area contributed by atoms with E-state index in [-0.39, 0.29) is 28.5 Å². The number of hydrogen-bond donors (Lipinski definition) is 3. The summed E-state index contributed by atoms with van der Waals surface area (Å²) in [7, 11) is -3.51. The average molecular weight is 526 g/mol. The van der Waals surface area contributed by atoms with Crippen molar-refractivity contribution in [3.8, 4) is 22.6 Å². The minimum Gasteiger partial charge on any atom is -0.494 e. The first kappa shape index (κ1) is 24.7. The predicted molar refractivity (Wildman–Crippen MR) is 123 cm³/mol. The number of rotatable bonds is 7. The number of anilines is 1. The molecule has 4 rings (SSSR count). The Kier molecular flexibility index (Phi) is 6.58. The fourth-order valence-electron chi connectivity index (χ4n) is 3.78. The number of para-hydroxylation sites is 1. The van der Waals surface area contributed by atoms with Crippen LogP contribution in [0.3, 0.4) is 0 Å². The number of aliphatic hydroxyl groups is 1. The zero-order chi connectivity index (χ0) is 25.5. The molecule has 8 nitrogen and oxygen atoms in total. The van der Waals surface area contributed by atoms with Crippen molar-refractivity contribution in [2.24, 2.45) is 0 Å². The molecule has 0 aliphatic carbocycles. The standard InChI is InChI=1S/C23H18ClF2NO7S/c1-33-22-16(24)6-12(23(29)30)7-20(22)35(31,32)27-19-8-15(17(25)9-18(19)26)14-4-2-3-11-5-13(10-28)34-21(11)14/h2-4,6-9,13,27-28H,5,10H2,1H3,(H,29,30). The zero-order valence-corrected chi connectivity index (χ0v) is 19.6. The van der Waals surface area contributed by atoms with Crippen LogP contribution in [0.5, 0.6) is 11.5 Å². The Labute approximate surface area is 203 Å². The lowest BCUT2D eigenvalue weighted by Crippen LogP contribution is -2.17. The maximum atomic E-state index is 14.8. The fourth-order valence-corrected chi connectivity index (χ4v) is 5.40. The van der Waals surface area contributed by atoms with E-state index in [9.17, 15) is 32.2 Å². The van der Waals surface area contributed by atoms with Crippen LogP contribution in [0.1, 0.15) is 15.9 Å². The van der Waals surface area contributed by atoms with Gasteiger partial charge in [-0.1, -0.05) is 29.8 Å². The van der Waals surface area contributed by atoms with Gasteiger partial charge in [-0.2, -0.15) is 0 Å². The lowest BCUT2D eigenvalue weighted by Gasteiger charge is -2.16. The molecular weight excluding hydrogens is 508 g/mol. The maximum Gasteiger partial charge on any atom is 0.335 e. The number of ether oxygens (including phenoxy) is 2. The third kappa shape index (κ3) is 4.62. The molecular formula is C23H18ClF2NO7S. The van der Waals surface area contributed by atoms with Crippen molar-refractivity contribution < 1.29 is 41.7 Å². The van der Waals surface area contributed by atoms with Gasteiger partial charge in [-0.05, 0) is 23.8 Å². The topological polar surface area (TPSA) is 122 Å². The van der Waals surface area contributed by atoms with E-state index in [1.807, 2.05) is 4.72 Å². The third-order valence-electron chi connectivity index (χ3n) is 5.37. The van der Waals surface area contributed by atoms with Gasteiger partial charge in [0.2, 0.25) is 0 Å². The van der Waals surface area contributed by atoms with E-state index in [0.29, 0.717) is 23.8 Å². The predicted octanol–water partition coefficient (Wildman–Crippen LogP) is 4.09. The molecule has 1 aliphatic rings. The van der Waals surface area contributed by atoms with E-state index >= 15 is 0 Å². The van der Waals surface area contributed by atoms with Crippen LogP contribution in [0.2, 0.25) is 5.02 Å². The molecule has 0 radical (unpaired) electrons. The van der Waals surface area contributed by atoms with Crippen LogP contribution in [0.25, 0.3) is 11.1 Å². The van der Waals surface area contributed by atoms with Crippen LogP contribution >= 0.6 is 11.6 Å². The van der Waals surface area contributed by atoms with Crippen LogP contribution < -0.4 is 14.2 Å². The Hall–Kier alpha value is -3.41. The summed E-state index contributed by atoms with van der Waals surface area (Å²) in [5.74, 6) is -3.68. The molecule has 0 saturated carbocycles. The SMILES string of the molecule is COc1c(Cl)cc(C(=O)O)cc1S(=O)(=O)Nc1cc(-c2cccc3c2OC(CO)C3)c(F)cc1F. The fraction of sp³-hybridized carbons (Fsp3) is 0.174. The summed E-state index contributed by atoms with van der Waals surface area (Å²) in [5, 5.41) is 18.4. The van der Waals surface area contributed by atoms with Gasteiger partial charge >= 0.3 is 5.97 Å². The summed E-state index contributed by atoms with van der Waals surface area (Å²) < 4.78 is 68.4. The summed E-state index contributed by atoms with van der Waals surface area (Å²) in [5.41, 5.74) is -0.243. The highest BCUT2D eigenvalue weighted by atomic mass is 35.5. The summed E-state index contributed by atoms with van der Waals surface area (Å²) in [6, 6.07) is 8.19. The van der Waals surface area contributed by atoms with Gasteiger partial charge in [0.15, 0.2) is 5.75 Å². The smallest absolute Gasteiger partial charge is 0.335 e. The largest absolute Gasteiger partial charge is 0.494 e. The number of carbonyl (C=O) groups is 1.